The van der Waals surface area contributed by atoms with Gasteiger partial charge in [0.05, 0.1) is 49.9 Å². The number of carboxylic acids is 1. The van der Waals surface area contributed by atoms with Gasteiger partial charge in [0, 0.05) is 116 Å². The maximum atomic E-state index is 14.0. The number of terminal acetylenes is 1. The van der Waals surface area contributed by atoms with Crippen molar-refractivity contribution in [1.29, 1.82) is 0 Å². The van der Waals surface area contributed by atoms with Crippen LogP contribution >= 0.6 is 0 Å². The first kappa shape index (κ1) is 69.9. The third-order valence-electron chi connectivity index (χ3n) is 15.6. The number of aliphatic carboxylic acids is 1. The summed E-state index contributed by atoms with van der Waals surface area (Å²) in [5.41, 5.74) is 2.93. The van der Waals surface area contributed by atoms with Crippen molar-refractivity contribution >= 4 is 71.2 Å². The zero-order chi connectivity index (χ0) is 64.3. The fourth-order valence-electron chi connectivity index (χ4n) is 10.6. The predicted octanol–water partition coefficient (Wildman–Crippen LogP) is 0.448. The molecular formula is C61H82F2N12O14. The Hall–Kier alpha value is -8.23. The molecule has 2 aromatic carbocycles. The van der Waals surface area contributed by atoms with Gasteiger partial charge in [0.25, 0.3) is 24.8 Å². The molecule has 484 valence electrons. The van der Waals surface area contributed by atoms with Crippen molar-refractivity contribution in [1.82, 2.24) is 60.6 Å². The number of hydrogen-bond donors (Lipinski definition) is 5. The van der Waals surface area contributed by atoms with Crippen LogP contribution in [0, 0.1) is 19.3 Å². The number of nitrogens with zero attached hydrogens (tertiary/aromatic N) is 8. The molecule has 4 heterocycles. The van der Waals surface area contributed by atoms with Crippen molar-refractivity contribution in [2.45, 2.75) is 89.3 Å². The SMILES string of the molecule is C#C[C@H]1CC(F)(F)CN1C(=O)CNC(=O)c1ccnc2ccc(OCCCN3CCN(C(=O)CC(=O)NC(=O)[C@H](CC[C@@H](C)NC(=O)CCCc4ccc(C)cc4)NC(=O)CN4CCN(COC=O)CCN(COC=O)CCN(CC(=O)O)CC4)CC3)cc12. The number of carboxylic acid groups (broad SMARTS) is 1. The first-order valence-electron chi connectivity index (χ1n) is 29.8. The fraction of sp³-hybridized carbons (Fsp3) is 0.557. The van der Waals surface area contributed by atoms with E-state index in [1.807, 2.05) is 41.0 Å². The molecule has 6 rings (SSSR count). The Bertz CT molecular complexity index is 2950. The van der Waals surface area contributed by atoms with Gasteiger partial charge in [0.2, 0.25) is 35.4 Å². The molecule has 0 radical (unpaired) electrons. The number of aryl methyl sites for hydroxylation is 2. The van der Waals surface area contributed by atoms with Gasteiger partial charge in [-0.05, 0) is 75.8 Å². The Morgan fingerprint density at radius 2 is 1.39 bits per heavy atom. The number of halogens is 2. The van der Waals surface area contributed by atoms with E-state index in [-0.39, 0.29) is 83.5 Å². The Balaban J connectivity index is 0.996. The highest BCUT2D eigenvalue weighted by Crippen LogP contribution is 2.32. The van der Waals surface area contributed by atoms with Crippen LogP contribution in [-0.2, 0) is 59.0 Å². The van der Waals surface area contributed by atoms with Crippen molar-refractivity contribution in [3.8, 4) is 18.1 Å². The van der Waals surface area contributed by atoms with Crippen molar-refractivity contribution in [3.63, 3.8) is 0 Å². The number of rotatable bonds is 30. The summed E-state index contributed by atoms with van der Waals surface area (Å²) in [6.07, 6.45) is 7.91. The highest BCUT2D eigenvalue weighted by atomic mass is 19.3. The molecule has 3 aliphatic rings. The van der Waals surface area contributed by atoms with Crippen LogP contribution in [0.15, 0.2) is 54.7 Å². The number of pyridine rings is 1. The number of imide groups is 1. The summed E-state index contributed by atoms with van der Waals surface area (Å²) in [5, 5.41) is 20.7. The summed E-state index contributed by atoms with van der Waals surface area (Å²) in [6.45, 7) is 7.14. The van der Waals surface area contributed by atoms with E-state index in [4.69, 9.17) is 20.6 Å². The number of likely N-dealkylation sites (tertiary alicyclic amines) is 1. The minimum Gasteiger partial charge on any atom is -0.494 e. The monoisotopic (exact) mass is 1240 g/mol. The van der Waals surface area contributed by atoms with E-state index in [1.165, 1.54) is 17.2 Å². The van der Waals surface area contributed by atoms with Crippen LogP contribution in [0.25, 0.3) is 10.9 Å². The number of piperazine rings is 1. The molecule has 0 unspecified atom stereocenters. The number of hydrogen-bond acceptors (Lipinski definition) is 19. The van der Waals surface area contributed by atoms with Crippen LogP contribution in [0.4, 0.5) is 8.78 Å². The van der Waals surface area contributed by atoms with E-state index >= 15 is 0 Å². The highest BCUT2D eigenvalue weighted by molar-refractivity contribution is 6.07. The number of carbonyl (C=O) groups is 10. The average Bonchev–Trinajstić information content (AvgIpc) is 2.87. The van der Waals surface area contributed by atoms with E-state index < -0.39 is 91.4 Å². The van der Waals surface area contributed by atoms with Gasteiger partial charge in [-0.3, -0.25) is 82.7 Å². The van der Waals surface area contributed by atoms with Crippen LogP contribution < -0.4 is 26.0 Å². The van der Waals surface area contributed by atoms with E-state index in [2.05, 4.69) is 37.1 Å². The van der Waals surface area contributed by atoms with Crippen LogP contribution in [0.3, 0.4) is 0 Å². The van der Waals surface area contributed by atoms with Crippen LogP contribution in [0.1, 0.15) is 73.4 Å². The number of alkyl halides is 2. The summed E-state index contributed by atoms with van der Waals surface area (Å²) < 4.78 is 44.0. The van der Waals surface area contributed by atoms with E-state index in [0.717, 1.165) is 16.0 Å². The molecule has 0 spiro atoms. The molecule has 0 aliphatic carbocycles. The molecule has 28 heteroatoms. The Labute approximate surface area is 516 Å². The minimum absolute atomic E-state index is 0.00156. The molecule has 26 nitrogen and oxygen atoms in total. The molecule has 0 saturated carbocycles. The van der Waals surface area contributed by atoms with Crippen LogP contribution in [0.5, 0.6) is 5.75 Å². The topological polar surface area (TPSA) is 302 Å². The smallest absolute Gasteiger partial charge is 0.317 e. The van der Waals surface area contributed by atoms with Gasteiger partial charge < -0.3 is 45.1 Å². The first-order valence-corrected chi connectivity index (χ1v) is 29.8. The Kier molecular flexibility index (Phi) is 28.0. The molecule has 0 bridgehead atoms. The van der Waals surface area contributed by atoms with Crippen LogP contribution in [0.2, 0.25) is 0 Å². The molecule has 89 heavy (non-hydrogen) atoms. The minimum atomic E-state index is -3.12. The molecule has 3 aliphatic heterocycles. The summed E-state index contributed by atoms with van der Waals surface area (Å²) in [7, 11) is 0. The average molecular weight is 1250 g/mol. The van der Waals surface area contributed by atoms with Gasteiger partial charge in [-0.15, -0.1) is 6.42 Å². The standard InChI is InChI=1S/C61H82F2N12O14/c1-4-47-35-61(62,63)39-75(47)57(82)36-65-59(85)49-17-18-64-51-16-14-48(33-50(49)51)89-32-6-19-69-28-30-74(31-29-69)56(81)34-54(79)68-60(86)52(15-11-45(3)66-53(78)8-5-7-46-12-9-44(2)10-13-46)67-55(80)37-70-20-21-71(38-58(83)84)23-25-73(41-88-43-77)27-26-72(24-22-70)40-87-42-76/h1,9-10,12-14,16-18,33,42-43,45,47,52H,5-8,11,15,19-32,34-41H2,2-3H3,(H,65,85)(H,66,78)(H,67,80)(H,83,84)(H,68,79,86)/t45-,47+,52+/m1/s1. The van der Waals surface area contributed by atoms with Gasteiger partial charge in [-0.2, -0.15) is 0 Å². The molecule has 1 aromatic heterocycles. The largest absolute Gasteiger partial charge is 0.494 e. The number of aromatic nitrogens is 1. The quantitative estimate of drug-likeness (QED) is 0.0262. The number of amides is 7. The van der Waals surface area contributed by atoms with Gasteiger partial charge >= 0.3 is 5.97 Å². The van der Waals surface area contributed by atoms with E-state index in [0.29, 0.717) is 114 Å². The lowest BCUT2D eigenvalue weighted by Gasteiger charge is -2.34. The molecule has 3 atom stereocenters. The maximum Gasteiger partial charge on any atom is 0.317 e. The zero-order valence-electron chi connectivity index (χ0n) is 50.5. The fourth-order valence-corrected chi connectivity index (χ4v) is 10.6. The molecular weight excluding hydrogens is 1160 g/mol. The summed E-state index contributed by atoms with van der Waals surface area (Å²) in [4.78, 5) is 144. The normalized spacial score (nSPS) is 18.0. The van der Waals surface area contributed by atoms with Gasteiger partial charge in [-0.1, -0.05) is 35.7 Å². The summed E-state index contributed by atoms with van der Waals surface area (Å²) >= 11 is 0. The van der Waals surface area contributed by atoms with Gasteiger partial charge in [-0.25, -0.2) is 8.78 Å². The second-order valence-corrected chi connectivity index (χ2v) is 22.5. The molecule has 3 fully saturated rings. The maximum absolute atomic E-state index is 14.0. The molecule has 3 aromatic rings. The number of benzene rings is 2. The van der Waals surface area contributed by atoms with Crippen molar-refractivity contribution in [2.75, 3.05) is 131 Å². The van der Waals surface area contributed by atoms with Crippen molar-refractivity contribution in [2.24, 2.45) is 0 Å². The van der Waals surface area contributed by atoms with Crippen molar-refractivity contribution < 1.29 is 76.0 Å². The van der Waals surface area contributed by atoms with E-state index in [1.54, 1.807) is 34.9 Å². The van der Waals surface area contributed by atoms with Gasteiger partial charge in [0.15, 0.2) is 0 Å². The number of nitrogens with one attached hydrogen (secondary N) is 4. The third-order valence-corrected chi connectivity index (χ3v) is 15.6. The Morgan fingerprint density at radius 3 is 2.02 bits per heavy atom. The predicted molar refractivity (Wildman–Crippen MR) is 319 cm³/mol. The second-order valence-electron chi connectivity index (χ2n) is 22.5. The third kappa shape index (κ3) is 24.0. The Morgan fingerprint density at radius 1 is 0.764 bits per heavy atom. The number of ether oxygens (including phenoxy) is 3. The van der Waals surface area contributed by atoms with E-state index in [9.17, 15) is 61.8 Å². The first-order chi connectivity index (χ1) is 42.7. The molecule has 5 N–H and O–H groups in total. The lowest BCUT2D eigenvalue weighted by Crippen LogP contribution is -2.53. The van der Waals surface area contributed by atoms with Crippen molar-refractivity contribution in [3.05, 3.63) is 71.4 Å². The summed E-state index contributed by atoms with van der Waals surface area (Å²) in [6, 6.07) is 11.8. The zero-order valence-corrected chi connectivity index (χ0v) is 50.5. The highest BCUT2D eigenvalue weighted by Gasteiger charge is 2.46. The molecule has 7 amide bonds. The number of fused-ring (bicyclic) bond motifs is 1. The lowest BCUT2D eigenvalue weighted by molar-refractivity contribution is -0.140. The second kappa shape index (κ2) is 35.7. The summed E-state index contributed by atoms with van der Waals surface area (Å²) in [5.74, 6) is -5.87. The lowest BCUT2D eigenvalue weighted by atomic mass is 10.0. The van der Waals surface area contributed by atoms with Gasteiger partial charge in [0.1, 0.15) is 31.7 Å². The van der Waals surface area contributed by atoms with Crippen LogP contribution in [-0.4, -0.2) is 260 Å². The molecule has 3 saturated heterocycles. The number of carbonyl (C=O) groups excluding carboxylic acids is 9.